The molecule has 1 nitrogen and oxygen atoms in total. The number of hydrogen-bond donors (Lipinski definition) is 1. The Hall–Kier alpha value is 0.01000. The second-order valence-corrected chi connectivity index (χ2v) is 8.75. The maximum Gasteiger partial charge on any atom is 0.0213 e. The molecule has 0 atom stereocenters. The van der Waals surface area contributed by atoms with E-state index in [0.717, 1.165) is 12.5 Å². The second-order valence-electron chi connectivity index (χ2n) is 6.67. The Morgan fingerprint density at radius 1 is 1.14 bits per heavy atom. The van der Waals surface area contributed by atoms with Gasteiger partial charge in [-0.25, -0.2) is 0 Å². The largest absolute Gasteiger partial charge is 0.330 e. The number of rotatable bonds is 3. The Morgan fingerprint density at radius 2 is 1.86 bits per heavy atom. The van der Waals surface area contributed by atoms with Crippen LogP contribution in [0.15, 0.2) is 22.7 Å². The molecule has 0 radical (unpaired) electrons. The van der Waals surface area contributed by atoms with Gasteiger partial charge in [-0.15, -0.1) is 0 Å². The van der Waals surface area contributed by atoms with Gasteiger partial charge in [0, 0.05) is 16.4 Å². The van der Waals surface area contributed by atoms with Gasteiger partial charge in [-0.2, -0.15) is 11.8 Å². The van der Waals surface area contributed by atoms with Gasteiger partial charge in [0.2, 0.25) is 0 Å². The second kappa shape index (κ2) is 7.06. The molecule has 1 heterocycles. The zero-order valence-electron chi connectivity index (χ0n) is 12.7. The molecule has 0 unspecified atom stereocenters. The van der Waals surface area contributed by atoms with E-state index >= 15 is 0 Å². The normalized spacial score (nSPS) is 23.1. The van der Waals surface area contributed by atoms with Crippen LogP contribution in [0.2, 0.25) is 0 Å². The SMILES string of the molecule is NCC1(c2ccc(C3CCSCC3)c(Br)c2)CCCCC1. The highest BCUT2D eigenvalue weighted by Crippen LogP contribution is 2.42. The van der Waals surface area contributed by atoms with Crippen molar-refractivity contribution >= 4 is 27.7 Å². The fourth-order valence-corrected chi connectivity index (χ4v) is 5.84. The molecule has 1 aliphatic heterocycles. The molecule has 0 amide bonds. The summed E-state index contributed by atoms with van der Waals surface area (Å²) in [7, 11) is 0. The highest BCUT2D eigenvalue weighted by atomic mass is 79.9. The van der Waals surface area contributed by atoms with Crippen molar-refractivity contribution in [2.75, 3.05) is 18.1 Å². The Kier molecular flexibility index (Phi) is 5.34. The lowest BCUT2D eigenvalue weighted by Gasteiger charge is -2.37. The summed E-state index contributed by atoms with van der Waals surface area (Å²) in [6.45, 7) is 0.791. The van der Waals surface area contributed by atoms with E-state index in [2.05, 4.69) is 45.9 Å². The molecule has 3 heteroatoms. The molecule has 2 fully saturated rings. The van der Waals surface area contributed by atoms with Crippen molar-refractivity contribution in [2.45, 2.75) is 56.3 Å². The van der Waals surface area contributed by atoms with Crippen molar-refractivity contribution in [1.82, 2.24) is 0 Å². The lowest BCUT2D eigenvalue weighted by Crippen LogP contribution is -2.37. The average molecular weight is 368 g/mol. The molecule has 0 bridgehead atoms. The summed E-state index contributed by atoms with van der Waals surface area (Å²) >= 11 is 5.95. The molecule has 3 rings (SSSR count). The first-order chi connectivity index (χ1) is 10.2. The Labute approximate surface area is 141 Å². The van der Waals surface area contributed by atoms with E-state index < -0.39 is 0 Å². The topological polar surface area (TPSA) is 26.0 Å². The van der Waals surface area contributed by atoms with Crippen LogP contribution < -0.4 is 5.73 Å². The van der Waals surface area contributed by atoms with Gasteiger partial charge in [-0.05, 0) is 60.3 Å². The summed E-state index contributed by atoms with van der Waals surface area (Å²) < 4.78 is 1.32. The monoisotopic (exact) mass is 367 g/mol. The minimum atomic E-state index is 0.238. The lowest BCUT2D eigenvalue weighted by atomic mass is 9.69. The highest BCUT2D eigenvalue weighted by Gasteiger charge is 2.33. The number of thioether (sulfide) groups is 1. The zero-order chi connectivity index (χ0) is 14.7. The maximum atomic E-state index is 6.18. The zero-order valence-corrected chi connectivity index (χ0v) is 15.1. The van der Waals surface area contributed by atoms with Gasteiger partial charge in [0.25, 0.3) is 0 Å². The summed E-state index contributed by atoms with van der Waals surface area (Å²) in [5, 5.41) is 0. The van der Waals surface area contributed by atoms with Crippen molar-refractivity contribution in [3.63, 3.8) is 0 Å². The van der Waals surface area contributed by atoms with Gasteiger partial charge in [-0.1, -0.05) is 47.3 Å². The van der Waals surface area contributed by atoms with Crippen molar-refractivity contribution in [2.24, 2.45) is 5.73 Å². The minimum absolute atomic E-state index is 0.238. The molecule has 0 aromatic heterocycles. The first-order valence-corrected chi connectivity index (χ1v) is 10.3. The summed E-state index contributed by atoms with van der Waals surface area (Å²) in [6, 6.07) is 7.14. The summed E-state index contributed by atoms with van der Waals surface area (Å²) in [5.41, 5.74) is 9.40. The average Bonchev–Trinajstić information content (AvgIpc) is 2.56. The van der Waals surface area contributed by atoms with E-state index in [9.17, 15) is 0 Å². The molecule has 1 saturated heterocycles. The van der Waals surface area contributed by atoms with Crippen LogP contribution in [0.5, 0.6) is 0 Å². The molecule has 1 aromatic rings. The minimum Gasteiger partial charge on any atom is -0.330 e. The van der Waals surface area contributed by atoms with Crippen LogP contribution in [0.1, 0.15) is 62.0 Å². The quantitative estimate of drug-likeness (QED) is 0.792. The fraction of sp³-hybridized carbons (Fsp3) is 0.667. The summed E-state index contributed by atoms with van der Waals surface area (Å²) in [5.74, 6) is 3.37. The Balaban J connectivity index is 1.85. The van der Waals surface area contributed by atoms with Gasteiger partial charge in [0.05, 0.1) is 0 Å². The molecular formula is C18H26BrNS. The van der Waals surface area contributed by atoms with E-state index in [0.29, 0.717) is 0 Å². The number of hydrogen-bond acceptors (Lipinski definition) is 2. The summed E-state index contributed by atoms with van der Waals surface area (Å²) in [4.78, 5) is 0. The number of benzene rings is 1. The molecule has 1 aromatic carbocycles. The molecule has 116 valence electrons. The Bertz CT molecular complexity index is 476. The third-order valence-corrected chi connectivity index (χ3v) is 7.21. The van der Waals surface area contributed by atoms with Crippen LogP contribution in [0, 0.1) is 0 Å². The van der Waals surface area contributed by atoms with Crippen LogP contribution in [0.3, 0.4) is 0 Å². The van der Waals surface area contributed by atoms with E-state index in [-0.39, 0.29) is 5.41 Å². The smallest absolute Gasteiger partial charge is 0.0213 e. The van der Waals surface area contributed by atoms with Gasteiger partial charge >= 0.3 is 0 Å². The Morgan fingerprint density at radius 3 is 2.48 bits per heavy atom. The molecule has 1 aliphatic carbocycles. The predicted octanol–water partition coefficient (Wildman–Crippen LogP) is 5.22. The van der Waals surface area contributed by atoms with Crippen molar-refractivity contribution in [3.05, 3.63) is 33.8 Å². The summed E-state index contributed by atoms with van der Waals surface area (Å²) in [6.07, 6.45) is 9.20. The van der Waals surface area contributed by atoms with Crippen molar-refractivity contribution in [1.29, 1.82) is 0 Å². The molecule has 2 N–H and O–H groups in total. The molecule has 1 saturated carbocycles. The number of halogens is 1. The van der Waals surface area contributed by atoms with Crippen molar-refractivity contribution in [3.8, 4) is 0 Å². The van der Waals surface area contributed by atoms with E-state index in [4.69, 9.17) is 5.73 Å². The molecular weight excluding hydrogens is 342 g/mol. The van der Waals surface area contributed by atoms with Gasteiger partial charge in [-0.3, -0.25) is 0 Å². The van der Waals surface area contributed by atoms with Gasteiger partial charge < -0.3 is 5.73 Å². The molecule has 2 aliphatic rings. The van der Waals surface area contributed by atoms with Crippen LogP contribution in [-0.2, 0) is 5.41 Å². The van der Waals surface area contributed by atoms with Gasteiger partial charge in [0.15, 0.2) is 0 Å². The first-order valence-electron chi connectivity index (χ1n) is 8.33. The maximum absolute atomic E-state index is 6.18. The van der Waals surface area contributed by atoms with Crippen LogP contribution >= 0.6 is 27.7 Å². The lowest BCUT2D eigenvalue weighted by molar-refractivity contribution is 0.300. The third-order valence-electron chi connectivity index (χ3n) is 5.48. The first kappa shape index (κ1) is 15.9. The van der Waals surface area contributed by atoms with Crippen LogP contribution in [-0.4, -0.2) is 18.1 Å². The molecule has 0 spiro atoms. The number of nitrogens with two attached hydrogens (primary N) is 1. The van der Waals surface area contributed by atoms with Gasteiger partial charge in [0.1, 0.15) is 0 Å². The van der Waals surface area contributed by atoms with Crippen molar-refractivity contribution < 1.29 is 0 Å². The van der Waals surface area contributed by atoms with Crippen LogP contribution in [0.4, 0.5) is 0 Å². The third kappa shape index (κ3) is 3.35. The fourth-order valence-electron chi connectivity index (χ4n) is 4.04. The van der Waals surface area contributed by atoms with E-state index in [1.807, 2.05) is 0 Å². The van der Waals surface area contributed by atoms with E-state index in [1.54, 1.807) is 0 Å². The van der Waals surface area contributed by atoms with E-state index in [1.165, 1.54) is 72.1 Å². The standard InChI is InChI=1S/C18H26BrNS/c19-17-12-15(18(13-20)8-2-1-3-9-18)4-5-16(17)14-6-10-21-11-7-14/h4-5,12,14H,1-3,6-11,13,20H2. The molecule has 21 heavy (non-hydrogen) atoms. The predicted molar refractivity (Wildman–Crippen MR) is 97.3 cm³/mol. The highest BCUT2D eigenvalue weighted by molar-refractivity contribution is 9.10. The van der Waals surface area contributed by atoms with Crippen LogP contribution in [0.25, 0.3) is 0 Å².